The first-order valence-electron chi connectivity index (χ1n) is 6.02. The van der Waals surface area contributed by atoms with E-state index in [0.29, 0.717) is 12.1 Å². The Balaban J connectivity index is 1.69. The molecule has 96 valence electrons. The van der Waals surface area contributed by atoms with Gasteiger partial charge in [-0.25, -0.2) is 9.37 Å². The molecule has 2 saturated heterocycles. The van der Waals surface area contributed by atoms with Gasteiger partial charge in [0.1, 0.15) is 5.69 Å². The van der Waals surface area contributed by atoms with E-state index < -0.39 is 5.82 Å². The maximum Gasteiger partial charge on any atom is 0.270 e. The topological polar surface area (TPSA) is 54.0 Å². The lowest BCUT2D eigenvalue weighted by Crippen LogP contribution is -2.43. The van der Waals surface area contributed by atoms with E-state index in [4.69, 9.17) is 11.6 Å². The lowest BCUT2D eigenvalue weighted by atomic mass is 9.95. The highest BCUT2D eigenvalue weighted by Crippen LogP contribution is 2.28. The summed E-state index contributed by atoms with van der Waals surface area (Å²) in [4.78, 5) is 15.7. The van der Waals surface area contributed by atoms with E-state index >= 15 is 0 Å². The molecule has 0 saturated carbocycles. The smallest absolute Gasteiger partial charge is 0.270 e. The highest BCUT2D eigenvalue weighted by atomic mass is 35.5. The van der Waals surface area contributed by atoms with Crippen molar-refractivity contribution < 1.29 is 9.18 Å². The van der Waals surface area contributed by atoms with Crippen molar-refractivity contribution in [2.45, 2.75) is 37.4 Å². The molecule has 2 aliphatic rings. The first-order valence-corrected chi connectivity index (χ1v) is 6.40. The summed E-state index contributed by atoms with van der Waals surface area (Å²) in [6.07, 6.45) is 3.22. The predicted octanol–water partition coefficient (Wildman–Crippen LogP) is 1.50. The molecule has 0 unspecified atom stereocenters. The third kappa shape index (κ3) is 2.08. The molecule has 0 spiro atoms. The quantitative estimate of drug-likeness (QED) is 0.800. The number of aromatic nitrogens is 1. The van der Waals surface area contributed by atoms with E-state index in [0.717, 1.165) is 18.9 Å². The molecule has 3 heterocycles. The summed E-state index contributed by atoms with van der Waals surface area (Å²) in [6, 6.07) is 3.52. The van der Waals surface area contributed by atoms with Crippen LogP contribution in [0.4, 0.5) is 4.39 Å². The zero-order chi connectivity index (χ0) is 12.7. The van der Waals surface area contributed by atoms with Gasteiger partial charge >= 0.3 is 0 Å². The third-order valence-corrected chi connectivity index (χ3v) is 3.92. The number of hydrogen-bond donors (Lipinski definition) is 2. The van der Waals surface area contributed by atoms with Gasteiger partial charge in [0, 0.05) is 18.1 Å². The van der Waals surface area contributed by atoms with Gasteiger partial charge in [-0.2, -0.15) is 0 Å². The Morgan fingerprint density at radius 2 is 2.33 bits per heavy atom. The van der Waals surface area contributed by atoms with E-state index in [2.05, 4.69) is 15.6 Å². The lowest BCUT2D eigenvalue weighted by Gasteiger charge is -2.21. The van der Waals surface area contributed by atoms with Gasteiger partial charge in [-0.05, 0) is 31.4 Å². The number of carbonyl (C=O) groups excluding carboxylic acids is 1. The minimum Gasteiger partial charge on any atom is -0.346 e. The molecule has 2 fully saturated rings. The summed E-state index contributed by atoms with van der Waals surface area (Å²) in [7, 11) is 0. The van der Waals surface area contributed by atoms with Crippen molar-refractivity contribution >= 4 is 17.5 Å². The summed E-state index contributed by atoms with van der Waals surface area (Å²) in [5.74, 6) is -0.911. The Bertz CT molecular complexity index is 496. The van der Waals surface area contributed by atoms with E-state index in [-0.39, 0.29) is 22.8 Å². The molecule has 2 N–H and O–H groups in total. The normalized spacial score (nSPS) is 29.6. The number of nitrogens with zero attached hydrogens (tertiary/aromatic N) is 1. The van der Waals surface area contributed by atoms with Gasteiger partial charge in [0.15, 0.2) is 11.0 Å². The van der Waals surface area contributed by atoms with E-state index in [9.17, 15) is 9.18 Å². The fourth-order valence-corrected chi connectivity index (χ4v) is 2.92. The van der Waals surface area contributed by atoms with Crippen molar-refractivity contribution in [3.05, 3.63) is 28.8 Å². The second-order valence-corrected chi connectivity index (χ2v) is 5.19. The van der Waals surface area contributed by atoms with Crippen LogP contribution in [0.15, 0.2) is 12.1 Å². The van der Waals surface area contributed by atoms with Gasteiger partial charge in [-0.3, -0.25) is 4.79 Å². The minimum atomic E-state index is -0.616. The molecule has 1 aromatic rings. The van der Waals surface area contributed by atoms with Gasteiger partial charge < -0.3 is 10.6 Å². The molecule has 4 nitrogen and oxygen atoms in total. The van der Waals surface area contributed by atoms with Gasteiger partial charge in [0.05, 0.1) is 0 Å². The lowest BCUT2D eigenvalue weighted by molar-refractivity contribution is 0.0926. The summed E-state index contributed by atoms with van der Waals surface area (Å²) in [5.41, 5.74) is 0.157. The maximum absolute atomic E-state index is 13.0. The van der Waals surface area contributed by atoms with Crippen LogP contribution < -0.4 is 10.6 Å². The average molecular weight is 270 g/mol. The Morgan fingerprint density at radius 3 is 2.94 bits per heavy atom. The van der Waals surface area contributed by atoms with E-state index in [1.165, 1.54) is 12.5 Å². The predicted molar refractivity (Wildman–Crippen MR) is 65.0 cm³/mol. The molecule has 2 aliphatic heterocycles. The Hall–Kier alpha value is -1.20. The second kappa shape index (κ2) is 4.48. The van der Waals surface area contributed by atoms with Gasteiger partial charge in [-0.15, -0.1) is 0 Å². The average Bonchev–Trinajstić information content (AvgIpc) is 2.94. The highest BCUT2D eigenvalue weighted by molar-refractivity contribution is 6.29. The maximum atomic E-state index is 13.0. The molecule has 3 atom stereocenters. The first kappa shape index (κ1) is 11.9. The summed E-state index contributed by atoms with van der Waals surface area (Å²) in [6.45, 7) is 0. The van der Waals surface area contributed by atoms with Gasteiger partial charge in [-0.1, -0.05) is 11.6 Å². The largest absolute Gasteiger partial charge is 0.346 e. The monoisotopic (exact) mass is 269 g/mol. The highest BCUT2D eigenvalue weighted by Gasteiger charge is 2.39. The molecule has 0 radical (unpaired) electrons. The number of halogens is 2. The van der Waals surface area contributed by atoms with Crippen molar-refractivity contribution in [1.82, 2.24) is 15.6 Å². The molecule has 6 heteroatoms. The molecule has 0 aliphatic carbocycles. The van der Waals surface area contributed by atoms with Crippen LogP contribution >= 0.6 is 11.6 Å². The molecule has 18 heavy (non-hydrogen) atoms. The summed E-state index contributed by atoms with van der Waals surface area (Å²) >= 11 is 5.56. The number of fused-ring (bicyclic) bond motifs is 2. The van der Waals surface area contributed by atoms with Crippen LogP contribution in [0, 0.1) is 5.82 Å². The number of amides is 1. The molecular weight excluding hydrogens is 257 g/mol. The molecule has 3 rings (SSSR count). The van der Waals surface area contributed by atoms with Crippen molar-refractivity contribution in [3.8, 4) is 0 Å². The van der Waals surface area contributed by atoms with Crippen LogP contribution in [0.2, 0.25) is 5.15 Å². The number of hydrogen-bond acceptors (Lipinski definition) is 3. The zero-order valence-corrected chi connectivity index (χ0v) is 10.4. The Morgan fingerprint density at radius 1 is 1.50 bits per heavy atom. The van der Waals surface area contributed by atoms with Gasteiger partial charge in [0.2, 0.25) is 0 Å². The number of pyridine rings is 1. The molecule has 1 aromatic heterocycles. The SMILES string of the molecule is O=C(N[C@@H]1C[C@H]2CC[C@@H]1N2)c1ccc(F)c(Cl)n1. The van der Waals surface area contributed by atoms with Crippen LogP contribution in [-0.4, -0.2) is 29.0 Å². The molecule has 1 amide bonds. The van der Waals surface area contributed by atoms with Crippen molar-refractivity contribution in [2.24, 2.45) is 0 Å². The second-order valence-electron chi connectivity index (χ2n) is 4.83. The molecule has 2 bridgehead atoms. The van der Waals surface area contributed by atoms with Crippen molar-refractivity contribution in [1.29, 1.82) is 0 Å². The fourth-order valence-electron chi connectivity index (χ4n) is 2.77. The van der Waals surface area contributed by atoms with Crippen molar-refractivity contribution in [3.63, 3.8) is 0 Å². The number of rotatable bonds is 2. The van der Waals surface area contributed by atoms with Crippen molar-refractivity contribution in [2.75, 3.05) is 0 Å². The molecular formula is C12H13ClFN3O. The Labute approximate surface area is 109 Å². The summed E-state index contributed by atoms with van der Waals surface area (Å²) in [5, 5.41) is 6.09. The number of nitrogens with one attached hydrogen (secondary N) is 2. The van der Waals surface area contributed by atoms with Crippen LogP contribution in [0.5, 0.6) is 0 Å². The fraction of sp³-hybridized carbons (Fsp3) is 0.500. The number of carbonyl (C=O) groups is 1. The first-order chi connectivity index (χ1) is 8.63. The zero-order valence-electron chi connectivity index (χ0n) is 9.62. The van der Waals surface area contributed by atoms with E-state index in [1.54, 1.807) is 0 Å². The van der Waals surface area contributed by atoms with Crippen LogP contribution in [-0.2, 0) is 0 Å². The standard InChI is InChI=1S/C12H13ClFN3O/c13-11-7(14)2-4-9(16-11)12(18)17-10-5-6-1-3-8(10)15-6/h2,4,6,8,10,15H,1,3,5H2,(H,17,18)/t6-,8+,10-/m1/s1. The third-order valence-electron chi connectivity index (χ3n) is 3.65. The van der Waals surface area contributed by atoms with Crippen LogP contribution in [0.3, 0.4) is 0 Å². The van der Waals surface area contributed by atoms with Gasteiger partial charge in [0.25, 0.3) is 5.91 Å². The Kier molecular flexibility index (Phi) is 2.95. The van der Waals surface area contributed by atoms with E-state index in [1.807, 2.05) is 0 Å². The van der Waals surface area contributed by atoms with Crippen LogP contribution in [0.1, 0.15) is 29.8 Å². The van der Waals surface area contributed by atoms with Crippen LogP contribution in [0.25, 0.3) is 0 Å². The molecule has 0 aromatic carbocycles. The summed E-state index contributed by atoms with van der Waals surface area (Å²) < 4.78 is 13.0. The minimum absolute atomic E-state index is 0.141.